The molecule has 1 fully saturated rings. The number of anilines is 2. The molecule has 1 unspecified atom stereocenters. The van der Waals surface area contributed by atoms with Crippen molar-refractivity contribution in [3.63, 3.8) is 0 Å². The number of fused-ring (bicyclic) bond motifs is 1. The van der Waals surface area contributed by atoms with Gasteiger partial charge in [0, 0.05) is 25.3 Å². The van der Waals surface area contributed by atoms with Crippen LogP contribution in [0.4, 0.5) is 24.7 Å². The third kappa shape index (κ3) is 5.45. The highest BCUT2D eigenvalue weighted by molar-refractivity contribution is 5.91. The molecular weight excluding hydrogens is 521 g/mol. The summed E-state index contributed by atoms with van der Waals surface area (Å²) >= 11 is 0. The number of para-hydroxylation sites is 1. The number of nitrogens with zero attached hydrogens (tertiary/aromatic N) is 5. The van der Waals surface area contributed by atoms with Crippen LogP contribution in [0.5, 0.6) is 0 Å². The average Bonchev–Trinajstić information content (AvgIpc) is 3.25. The van der Waals surface area contributed by atoms with Crippen molar-refractivity contribution in [1.82, 2.24) is 19.5 Å². The molecular formula is C29H31F3N6O2. The zero-order valence-corrected chi connectivity index (χ0v) is 22.5. The summed E-state index contributed by atoms with van der Waals surface area (Å²) in [6.07, 6.45) is -1.14. The molecule has 1 saturated carbocycles. The molecule has 5 rings (SSSR count). The first-order valence-corrected chi connectivity index (χ1v) is 13.2. The van der Waals surface area contributed by atoms with Gasteiger partial charge in [0.25, 0.3) is 0 Å². The van der Waals surface area contributed by atoms with Gasteiger partial charge in [-0.15, -0.1) is 0 Å². The van der Waals surface area contributed by atoms with E-state index >= 15 is 0 Å². The number of alkyl halides is 3. The lowest BCUT2D eigenvalue weighted by Crippen LogP contribution is -2.31. The Morgan fingerprint density at radius 1 is 1.07 bits per heavy atom. The van der Waals surface area contributed by atoms with Crippen LogP contribution in [0.15, 0.2) is 54.6 Å². The van der Waals surface area contributed by atoms with Gasteiger partial charge in [-0.1, -0.05) is 36.8 Å². The Labute approximate surface area is 229 Å². The molecule has 0 bridgehead atoms. The van der Waals surface area contributed by atoms with Gasteiger partial charge in [0.2, 0.25) is 5.82 Å². The van der Waals surface area contributed by atoms with Gasteiger partial charge in [-0.2, -0.15) is 13.2 Å². The van der Waals surface area contributed by atoms with E-state index in [0.29, 0.717) is 28.6 Å². The van der Waals surface area contributed by atoms with Crippen molar-refractivity contribution in [2.45, 2.75) is 57.9 Å². The number of imidazole rings is 1. The van der Waals surface area contributed by atoms with Crippen molar-refractivity contribution < 1.29 is 23.1 Å². The van der Waals surface area contributed by atoms with Gasteiger partial charge in [0.05, 0.1) is 11.6 Å². The van der Waals surface area contributed by atoms with Crippen molar-refractivity contribution in [3.8, 4) is 0 Å². The molecule has 0 radical (unpaired) electrons. The standard InChI is InChI=1S/C29H31F3N6O2/c1-17(20-8-7-9-20)33-24-23-25(35-26(34-24)28(39)40)36-27(18(2)37(3)22-10-5-4-6-11-22)38(23)16-19-12-14-21(15-13-19)29(30,31)32/h4-6,10-15,17-18,20H,7-9,16H2,1-3H3,(H,39,40)(H,33,34,35)/t17-,18?/m1/s1. The van der Waals surface area contributed by atoms with Crippen LogP contribution < -0.4 is 10.2 Å². The molecule has 0 spiro atoms. The first-order chi connectivity index (χ1) is 19.0. The molecule has 210 valence electrons. The van der Waals surface area contributed by atoms with Gasteiger partial charge in [0.1, 0.15) is 11.3 Å². The van der Waals surface area contributed by atoms with Gasteiger partial charge in [-0.05, 0) is 62.4 Å². The van der Waals surface area contributed by atoms with E-state index in [1.54, 1.807) is 0 Å². The number of aromatic nitrogens is 4. The summed E-state index contributed by atoms with van der Waals surface area (Å²) in [7, 11) is 1.92. The molecule has 2 N–H and O–H groups in total. The van der Waals surface area contributed by atoms with Gasteiger partial charge in [0.15, 0.2) is 11.5 Å². The molecule has 2 heterocycles. The summed E-state index contributed by atoms with van der Waals surface area (Å²) in [6.45, 7) is 4.20. The number of carbonyl (C=O) groups is 1. The highest BCUT2D eigenvalue weighted by atomic mass is 19.4. The van der Waals surface area contributed by atoms with Crippen LogP contribution in [0.25, 0.3) is 11.2 Å². The number of halogens is 3. The van der Waals surface area contributed by atoms with Crippen LogP contribution in [0.1, 0.15) is 66.7 Å². The Morgan fingerprint density at radius 3 is 2.33 bits per heavy atom. The van der Waals surface area contributed by atoms with E-state index in [2.05, 4.69) is 15.3 Å². The summed E-state index contributed by atoms with van der Waals surface area (Å²) in [4.78, 5) is 27.4. The van der Waals surface area contributed by atoms with Crippen LogP contribution in [-0.2, 0) is 12.7 Å². The quantitative estimate of drug-likeness (QED) is 0.248. The summed E-state index contributed by atoms with van der Waals surface area (Å²) in [5.41, 5.74) is 1.57. The molecule has 1 aliphatic carbocycles. The van der Waals surface area contributed by atoms with Crippen molar-refractivity contribution in [2.75, 3.05) is 17.3 Å². The first-order valence-electron chi connectivity index (χ1n) is 13.2. The normalized spacial score (nSPS) is 15.4. The number of hydrogen-bond acceptors (Lipinski definition) is 6. The predicted octanol–water partition coefficient (Wildman–Crippen LogP) is 6.39. The van der Waals surface area contributed by atoms with Crippen LogP contribution in [0.3, 0.4) is 0 Å². The van der Waals surface area contributed by atoms with E-state index in [4.69, 9.17) is 4.98 Å². The Kier molecular flexibility index (Phi) is 7.39. The lowest BCUT2D eigenvalue weighted by Gasteiger charge is -2.32. The number of hydrogen-bond donors (Lipinski definition) is 2. The minimum absolute atomic E-state index is 0.0378. The number of benzene rings is 2. The first kappa shape index (κ1) is 27.4. The molecule has 2 aromatic heterocycles. The van der Waals surface area contributed by atoms with Gasteiger partial charge < -0.3 is 19.9 Å². The van der Waals surface area contributed by atoms with Crippen molar-refractivity contribution >= 4 is 28.6 Å². The minimum Gasteiger partial charge on any atom is -0.475 e. The van der Waals surface area contributed by atoms with Gasteiger partial charge >= 0.3 is 12.1 Å². The number of carboxylic acids is 1. The number of carboxylic acid groups (broad SMARTS) is 1. The largest absolute Gasteiger partial charge is 0.475 e. The molecule has 11 heteroatoms. The second-order valence-corrected chi connectivity index (χ2v) is 10.4. The number of nitrogens with one attached hydrogen (secondary N) is 1. The second-order valence-electron chi connectivity index (χ2n) is 10.4. The highest BCUT2D eigenvalue weighted by Crippen LogP contribution is 2.35. The van der Waals surface area contributed by atoms with Crippen LogP contribution >= 0.6 is 0 Å². The zero-order valence-electron chi connectivity index (χ0n) is 22.5. The monoisotopic (exact) mass is 552 g/mol. The van der Waals surface area contributed by atoms with Crippen molar-refractivity contribution in [3.05, 3.63) is 77.4 Å². The Balaban J connectivity index is 1.65. The number of rotatable bonds is 9. The maximum absolute atomic E-state index is 13.2. The molecule has 8 nitrogen and oxygen atoms in total. The Morgan fingerprint density at radius 2 is 1.75 bits per heavy atom. The van der Waals surface area contributed by atoms with Gasteiger partial charge in [-0.3, -0.25) is 0 Å². The minimum atomic E-state index is -4.44. The van der Waals surface area contributed by atoms with E-state index in [9.17, 15) is 23.1 Å². The van der Waals surface area contributed by atoms with Crippen molar-refractivity contribution in [1.29, 1.82) is 0 Å². The maximum atomic E-state index is 13.2. The van der Waals surface area contributed by atoms with Crippen LogP contribution in [-0.4, -0.2) is 43.7 Å². The average molecular weight is 553 g/mol. The number of aromatic carboxylic acids is 1. The van der Waals surface area contributed by atoms with Crippen LogP contribution in [0, 0.1) is 5.92 Å². The summed E-state index contributed by atoms with van der Waals surface area (Å²) in [5.74, 6) is -0.271. The van der Waals surface area contributed by atoms with Gasteiger partial charge in [-0.25, -0.2) is 19.7 Å². The van der Waals surface area contributed by atoms with E-state index in [1.165, 1.54) is 12.1 Å². The highest BCUT2D eigenvalue weighted by Gasteiger charge is 2.31. The summed E-state index contributed by atoms with van der Waals surface area (Å²) in [6, 6.07) is 14.5. The third-order valence-corrected chi connectivity index (χ3v) is 7.79. The van der Waals surface area contributed by atoms with E-state index in [1.807, 2.05) is 60.7 Å². The lowest BCUT2D eigenvalue weighted by molar-refractivity contribution is -0.137. The second kappa shape index (κ2) is 10.8. The van der Waals surface area contributed by atoms with E-state index in [-0.39, 0.29) is 30.1 Å². The third-order valence-electron chi connectivity index (χ3n) is 7.79. The fourth-order valence-corrected chi connectivity index (χ4v) is 5.04. The molecule has 1 aliphatic rings. The molecule has 0 saturated heterocycles. The fourth-order valence-electron chi connectivity index (χ4n) is 5.04. The molecule has 40 heavy (non-hydrogen) atoms. The lowest BCUT2D eigenvalue weighted by atomic mass is 9.80. The fraction of sp³-hybridized carbons (Fsp3) is 0.379. The summed E-state index contributed by atoms with van der Waals surface area (Å²) in [5, 5.41) is 13.1. The van der Waals surface area contributed by atoms with Crippen LogP contribution in [0.2, 0.25) is 0 Å². The molecule has 2 atom stereocenters. The molecule has 4 aromatic rings. The molecule has 2 aromatic carbocycles. The molecule has 0 aliphatic heterocycles. The maximum Gasteiger partial charge on any atom is 0.416 e. The molecule has 0 amide bonds. The summed E-state index contributed by atoms with van der Waals surface area (Å²) < 4.78 is 41.5. The van der Waals surface area contributed by atoms with Crippen molar-refractivity contribution in [2.24, 2.45) is 5.92 Å². The SMILES string of the molecule is CC(c1nc2nc(C(=O)O)nc(N[C@H](C)C3CCC3)c2n1Cc1ccc(C(F)(F)F)cc1)N(C)c1ccccc1. The van der Waals surface area contributed by atoms with E-state index < -0.39 is 17.7 Å². The Hall–Kier alpha value is -4.15. The topological polar surface area (TPSA) is 96.2 Å². The Bertz CT molecular complexity index is 1500. The zero-order chi connectivity index (χ0) is 28.6. The predicted molar refractivity (Wildman–Crippen MR) is 147 cm³/mol. The van der Waals surface area contributed by atoms with E-state index in [0.717, 1.165) is 37.1 Å². The smallest absolute Gasteiger partial charge is 0.416 e.